The maximum Gasteiger partial charge on any atom is 0.290 e. The van der Waals surface area contributed by atoms with Crippen LogP contribution in [0, 0.1) is 5.82 Å². The summed E-state index contributed by atoms with van der Waals surface area (Å²) in [6.45, 7) is 0.0994. The van der Waals surface area contributed by atoms with Gasteiger partial charge in [0, 0.05) is 9.90 Å². The van der Waals surface area contributed by atoms with Crippen molar-refractivity contribution in [3.63, 3.8) is 0 Å². The summed E-state index contributed by atoms with van der Waals surface area (Å²) in [5.74, 6) is -2.13. The number of benzene rings is 2. The minimum atomic E-state index is -4.24. The third-order valence-electron chi connectivity index (χ3n) is 4.76. The molecule has 1 aliphatic rings. The molecule has 0 spiro atoms. The zero-order valence-corrected chi connectivity index (χ0v) is 17.7. The van der Waals surface area contributed by atoms with Crippen molar-refractivity contribution in [3.8, 4) is 0 Å². The lowest BCUT2D eigenvalue weighted by Gasteiger charge is -2.26. The number of aliphatic hydroxyl groups excluding tert-OH is 1. The second kappa shape index (κ2) is 7.86. The van der Waals surface area contributed by atoms with Gasteiger partial charge in [0.25, 0.3) is 5.91 Å². The van der Waals surface area contributed by atoms with Crippen LogP contribution in [0.25, 0.3) is 0 Å². The van der Waals surface area contributed by atoms with Crippen LogP contribution in [0.2, 0.25) is 5.02 Å². The number of amides is 1. The number of rotatable bonds is 5. The summed E-state index contributed by atoms with van der Waals surface area (Å²) in [5.41, 5.74) is 0.373. The molecule has 2 heterocycles. The van der Waals surface area contributed by atoms with Crippen molar-refractivity contribution in [2.75, 3.05) is 0 Å². The maximum atomic E-state index is 13.5. The van der Waals surface area contributed by atoms with Crippen LogP contribution in [0.3, 0.4) is 0 Å². The Labute approximate surface area is 181 Å². The van der Waals surface area contributed by atoms with Crippen LogP contribution in [0.1, 0.15) is 16.5 Å². The van der Waals surface area contributed by atoms with Crippen LogP contribution < -0.4 is 0 Å². The summed E-state index contributed by atoms with van der Waals surface area (Å²) in [6.07, 6.45) is 0. The second-order valence-electron chi connectivity index (χ2n) is 6.64. The average molecular weight is 464 g/mol. The lowest BCUT2D eigenvalue weighted by molar-refractivity contribution is -0.130. The lowest BCUT2D eigenvalue weighted by atomic mass is 10.1. The van der Waals surface area contributed by atoms with Crippen LogP contribution in [0.5, 0.6) is 0 Å². The van der Waals surface area contributed by atoms with E-state index >= 15 is 0 Å². The monoisotopic (exact) mass is 463 g/mol. The average Bonchev–Trinajstić information content (AvgIpc) is 3.31. The van der Waals surface area contributed by atoms with Gasteiger partial charge in [-0.1, -0.05) is 29.8 Å². The van der Waals surface area contributed by atoms with Gasteiger partial charge < -0.3 is 10.0 Å². The Hall–Kier alpha value is -2.68. The van der Waals surface area contributed by atoms with Crippen LogP contribution in [-0.4, -0.2) is 24.3 Å². The van der Waals surface area contributed by atoms with Crippen molar-refractivity contribution in [1.82, 2.24) is 4.90 Å². The molecule has 5 nitrogen and oxygen atoms in total. The number of nitrogens with zero attached hydrogens (tertiary/aromatic N) is 1. The number of hydrogen-bond donors (Lipinski definition) is 1. The molecule has 0 bridgehead atoms. The van der Waals surface area contributed by atoms with E-state index in [0.717, 1.165) is 4.88 Å². The molecule has 1 aromatic heterocycles. The first-order chi connectivity index (χ1) is 14.3. The summed E-state index contributed by atoms with van der Waals surface area (Å²) in [5, 5.41) is 12.8. The van der Waals surface area contributed by atoms with Crippen molar-refractivity contribution in [2.24, 2.45) is 0 Å². The minimum Gasteiger partial charge on any atom is -0.502 e. The smallest absolute Gasteiger partial charge is 0.290 e. The molecule has 1 atom stereocenters. The lowest BCUT2D eigenvalue weighted by Crippen LogP contribution is -2.30. The first-order valence-corrected chi connectivity index (χ1v) is 11.6. The number of aliphatic hydroxyl groups is 1. The predicted molar refractivity (Wildman–Crippen MR) is 112 cm³/mol. The molecule has 0 saturated heterocycles. The van der Waals surface area contributed by atoms with Crippen LogP contribution in [0.15, 0.2) is 81.6 Å². The molecular formula is C21H15ClFNO4S2. The van der Waals surface area contributed by atoms with Crippen molar-refractivity contribution < 1.29 is 22.7 Å². The molecule has 1 N–H and O–H groups in total. The van der Waals surface area contributed by atoms with Gasteiger partial charge in [-0.2, -0.15) is 0 Å². The van der Waals surface area contributed by atoms with E-state index in [1.54, 1.807) is 0 Å². The Kier molecular flexibility index (Phi) is 5.40. The number of sulfone groups is 1. The molecule has 0 unspecified atom stereocenters. The van der Waals surface area contributed by atoms with Gasteiger partial charge in [0.2, 0.25) is 9.84 Å². The normalized spacial score (nSPS) is 17.1. The molecule has 4 rings (SSSR count). The predicted octanol–water partition coefficient (Wildman–Crippen LogP) is 4.87. The summed E-state index contributed by atoms with van der Waals surface area (Å²) < 4.78 is 40.3. The van der Waals surface area contributed by atoms with Gasteiger partial charge in [0.15, 0.2) is 5.76 Å². The highest BCUT2D eigenvalue weighted by molar-refractivity contribution is 7.95. The van der Waals surface area contributed by atoms with E-state index in [-0.39, 0.29) is 11.4 Å². The van der Waals surface area contributed by atoms with Gasteiger partial charge in [0.05, 0.1) is 17.5 Å². The molecule has 0 fully saturated rings. The molecule has 1 amide bonds. The summed E-state index contributed by atoms with van der Waals surface area (Å²) in [4.78, 5) is 14.4. The molecular weight excluding hydrogens is 449 g/mol. The van der Waals surface area contributed by atoms with E-state index in [9.17, 15) is 22.7 Å². The zero-order valence-electron chi connectivity index (χ0n) is 15.3. The largest absolute Gasteiger partial charge is 0.502 e. The third kappa shape index (κ3) is 3.62. The molecule has 0 aliphatic carbocycles. The fraction of sp³-hybridized carbons (Fsp3) is 0.0952. The Balaban J connectivity index is 1.86. The van der Waals surface area contributed by atoms with Crippen LogP contribution >= 0.6 is 22.9 Å². The van der Waals surface area contributed by atoms with Crippen molar-refractivity contribution in [2.45, 2.75) is 17.5 Å². The van der Waals surface area contributed by atoms with Gasteiger partial charge in [-0.05, 0) is 53.4 Å². The van der Waals surface area contributed by atoms with Gasteiger partial charge in [-0.25, -0.2) is 12.8 Å². The van der Waals surface area contributed by atoms with Crippen molar-refractivity contribution >= 4 is 38.7 Å². The zero-order chi connectivity index (χ0) is 21.5. The summed E-state index contributed by atoms with van der Waals surface area (Å²) in [6, 6.07) is 13.2. The molecule has 0 saturated carbocycles. The van der Waals surface area contributed by atoms with E-state index in [1.807, 2.05) is 17.5 Å². The number of halogens is 2. The van der Waals surface area contributed by atoms with Crippen LogP contribution in [0.4, 0.5) is 4.39 Å². The SMILES string of the molecule is O=C1C(O)=C(S(=O)(=O)c2ccc(Cl)cc2)[C@H](c2ccc(F)cc2)N1Cc1cccs1. The molecule has 0 radical (unpaired) electrons. The minimum absolute atomic E-state index is 0.0994. The maximum absolute atomic E-state index is 13.5. The molecule has 30 heavy (non-hydrogen) atoms. The topological polar surface area (TPSA) is 74.7 Å². The Morgan fingerprint density at radius 1 is 1.07 bits per heavy atom. The van der Waals surface area contributed by atoms with Gasteiger partial charge >= 0.3 is 0 Å². The van der Waals surface area contributed by atoms with E-state index in [0.29, 0.717) is 10.6 Å². The second-order valence-corrected chi connectivity index (χ2v) is 10.0. The van der Waals surface area contributed by atoms with E-state index < -0.39 is 38.3 Å². The third-order valence-corrected chi connectivity index (χ3v) is 7.76. The Bertz CT molecular complexity index is 1220. The number of thiophene rings is 1. The highest BCUT2D eigenvalue weighted by Gasteiger charge is 2.46. The molecule has 1 aliphatic heterocycles. The summed E-state index contributed by atoms with van der Waals surface area (Å²) in [7, 11) is -4.24. The summed E-state index contributed by atoms with van der Waals surface area (Å²) >= 11 is 7.26. The number of carbonyl (C=O) groups excluding carboxylic acids is 1. The Morgan fingerprint density at radius 3 is 2.33 bits per heavy atom. The first kappa shape index (κ1) is 20.6. The van der Waals surface area contributed by atoms with E-state index in [2.05, 4.69) is 0 Å². The van der Waals surface area contributed by atoms with Crippen LogP contribution in [-0.2, 0) is 21.2 Å². The van der Waals surface area contributed by atoms with Gasteiger partial charge in [0.1, 0.15) is 10.7 Å². The molecule has 2 aromatic carbocycles. The van der Waals surface area contributed by atoms with E-state index in [1.165, 1.54) is 64.8 Å². The fourth-order valence-electron chi connectivity index (χ4n) is 3.35. The van der Waals surface area contributed by atoms with Gasteiger partial charge in [-0.15, -0.1) is 11.3 Å². The van der Waals surface area contributed by atoms with Crippen molar-refractivity contribution in [3.05, 3.63) is 98.0 Å². The Morgan fingerprint density at radius 2 is 1.73 bits per heavy atom. The molecule has 154 valence electrons. The number of carbonyl (C=O) groups is 1. The van der Waals surface area contributed by atoms with Gasteiger partial charge in [-0.3, -0.25) is 4.79 Å². The highest BCUT2D eigenvalue weighted by atomic mass is 35.5. The standard InChI is InChI=1S/C21H15ClFNO4S2/c22-14-5-9-17(10-6-14)30(27,28)20-18(13-3-7-15(23)8-4-13)24(21(26)19(20)25)12-16-2-1-11-29-16/h1-11,18,25H,12H2/t18-/m0/s1. The molecule has 9 heteroatoms. The number of hydrogen-bond acceptors (Lipinski definition) is 5. The molecule has 3 aromatic rings. The van der Waals surface area contributed by atoms with Crippen molar-refractivity contribution in [1.29, 1.82) is 0 Å². The highest BCUT2D eigenvalue weighted by Crippen LogP contribution is 2.43. The fourth-order valence-corrected chi connectivity index (χ4v) is 5.83. The first-order valence-electron chi connectivity index (χ1n) is 8.81. The quantitative estimate of drug-likeness (QED) is 0.586. The van der Waals surface area contributed by atoms with E-state index in [4.69, 9.17) is 11.6 Å².